The van der Waals surface area contributed by atoms with E-state index in [1.54, 1.807) is 18.2 Å². The quantitative estimate of drug-likeness (QED) is 0.646. The molecule has 28 heavy (non-hydrogen) atoms. The Labute approximate surface area is 165 Å². The highest BCUT2D eigenvalue weighted by Crippen LogP contribution is 2.31. The van der Waals surface area contributed by atoms with E-state index < -0.39 is 5.91 Å². The molecule has 5 heteroatoms. The molecule has 0 bridgehead atoms. The number of nitrogens with zero attached hydrogens (tertiary/aromatic N) is 1. The summed E-state index contributed by atoms with van der Waals surface area (Å²) in [6.07, 6.45) is 6.62. The fourth-order valence-electron chi connectivity index (χ4n) is 3.76. The molecule has 2 aliphatic rings. The highest BCUT2D eigenvalue weighted by Gasteiger charge is 2.34. The molecule has 0 spiro atoms. The molecule has 144 valence electrons. The van der Waals surface area contributed by atoms with Crippen LogP contribution >= 0.6 is 0 Å². The summed E-state index contributed by atoms with van der Waals surface area (Å²) in [4.78, 5) is 25.2. The molecule has 0 radical (unpaired) electrons. The first-order valence-corrected chi connectivity index (χ1v) is 9.73. The zero-order valence-corrected chi connectivity index (χ0v) is 16.2. The second kappa shape index (κ2) is 7.50. The lowest BCUT2D eigenvalue weighted by Crippen LogP contribution is -2.35. The van der Waals surface area contributed by atoms with Gasteiger partial charge in [-0.3, -0.25) is 15.0 Å². The minimum absolute atomic E-state index is 0.135. The Hall–Kier alpha value is -3.08. The van der Waals surface area contributed by atoms with Crippen LogP contribution in [0.15, 0.2) is 48.0 Å². The second-order valence-electron chi connectivity index (χ2n) is 7.40. The van der Waals surface area contributed by atoms with Gasteiger partial charge in [0.2, 0.25) is 0 Å². The van der Waals surface area contributed by atoms with Crippen LogP contribution < -0.4 is 15.2 Å². The van der Waals surface area contributed by atoms with Crippen molar-refractivity contribution in [1.29, 1.82) is 0 Å². The van der Waals surface area contributed by atoms with Crippen molar-refractivity contribution in [3.05, 3.63) is 64.7 Å². The summed E-state index contributed by atoms with van der Waals surface area (Å²) in [5.74, 6) is 0.149. The van der Waals surface area contributed by atoms with Crippen LogP contribution in [0.2, 0.25) is 0 Å². The number of carbonyl (C=O) groups excluding carboxylic acids is 2. The van der Waals surface area contributed by atoms with Crippen molar-refractivity contribution in [3.63, 3.8) is 0 Å². The summed E-state index contributed by atoms with van der Waals surface area (Å²) in [5, 5.41) is 1.29. The molecule has 1 aliphatic heterocycles. The van der Waals surface area contributed by atoms with E-state index in [-0.39, 0.29) is 11.5 Å². The number of anilines is 1. The monoisotopic (exact) mass is 376 g/mol. The number of hydrogen-bond donors (Lipinski definition) is 1. The normalized spacial score (nSPS) is 18.8. The molecule has 4 rings (SSSR count). The number of carbonyl (C=O) groups is 2. The van der Waals surface area contributed by atoms with Gasteiger partial charge in [-0.15, -0.1) is 0 Å². The summed E-state index contributed by atoms with van der Waals surface area (Å²) < 4.78 is 6.15. The van der Waals surface area contributed by atoms with Crippen molar-refractivity contribution in [2.24, 2.45) is 0 Å². The Morgan fingerprint density at radius 2 is 1.71 bits per heavy atom. The molecule has 5 nitrogen and oxygen atoms in total. The lowest BCUT2D eigenvalue weighted by atomic mass is 10.00. The number of ether oxygens (including phenoxy) is 1. The van der Waals surface area contributed by atoms with Gasteiger partial charge in [-0.2, -0.15) is 0 Å². The fourth-order valence-corrected chi connectivity index (χ4v) is 3.76. The number of nitrogens with one attached hydrogen (secondary N) is 1. The number of para-hydroxylation sites is 1. The van der Waals surface area contributed by atoms with Gasteiger partial charge in [0.05, 0.1) is 11.8 Å². The van der Waals surface area contributed by atoms with Crippen LogP contribution in [0.25, 0.3) is 6.08 Å². The minimum Gasteiger partial charge on any atom is -0.490 e. The Kier molecular flexibility index (Phi) is 4.90. The Morgan fingerprint density at radius 1 is 1.00 bits per heavy atom. The predicted octanol–water partition coefficient (Wildman–Crippen LogP) is 4.09. The van der Waals surface area contributed by atoms with Crippen molar-refractivity contribution < 1.29 is 14.3 Å². The van der Waals surface area contributed by atoms with Crippen LogP contribution in [0.1, 0.15) is 42.4 Å². The molecule has 0 aromatic heterocycles. The lowest BCUT2D eigenvalue weighted by Gasteiger charge is -2.17. The van der Waals surface area contributed by atoms with Crippen molar-refractivity contribution in [3.8, 4) is 5.75 Å². The Morgan fingerprint density at radius 3 is 2.43 bits per heavy atom. The third-order valence-corrected chi connectivity index (χ3v) is 5.58. The maximum absolute atomic E-state index is 12.8. The van der Waals surface area contributed by atoms with Crippen molar-refractivity contribution in [2.75, 3.05) is 5.01 Å². The van der Waals surface area contributed by atoms with Crippen LogP contribution in [0.3, 0.4) is 0 Å². The van der Waals surface area contributed by atoms with Crippen LogP contribution in [-0.2, 0) is 9.59 Å². The average Bonchev–Trinajstić information content (AvgIpc) is 3.31. The molecule has 0 unspecified atom stereocenters. The molecule has 2 aromatic carbocycles. The van der Waals surface area contributed by atoms with Gasteiger partial charge in [0.1, 0.15) is 11.3 Å². The number of hydrazine groups is 1. The summed E-state index contributed by atoms with van der Waals surface area (Å²) in [7, 11) is 0. The summed E-state index contributed by atoms with van der Waals surface area (Å²) >= 11 is 0. The molecule has 2 fully saturated rings. The molecular weight excluding hydrogens is 352 g/mol. The topological polar surface area (TPSA) is 58.6 Å². The van der Waals surface area contributed by atoms with Gasteiger partial charge in [-0.05, 0) is 80.5 Å². The number of amides is 2. The molecule has 1 N–H and O–H groups in total. The largest absolute Gasteiger partial charge is 0.490 e. The first-order valence-electron chi connectivity index (χ1n) is 9.73. The molecule has 1 heterocycles. The fraction of sp³-hybridized carbons (Fsp3) is 0.304. The summed E-state index contributed by atoms with van der Waals surface area (Å²) in [5.41, 5.74) is 6.32. The van der Waals surface area contributed by atoms with E-state index in [4.69, 9.17) is 4.74 Å². The van der Waals surface area contributed by atoms with Gasteiger partial charge in [-0.1, -0.05) is 24.3 Å². The van der Waals surface area contributed by atoms with Gasteiger partial charge in [-0.25, -0.2) is 5.01 Å². The third kappa shape index (κ3) is 3.40. The zero-order valence-electron chi connectivity index (χ0n) is 16.2. The summed E-state index contributed by atoms with van der Waals surface area (Å²) in [6.45, 7) is 4.02. The van der Waals surface area contributed by atoms with Gasteiger partial charge in [0.15, 0.2) is 0 Å². The summed E-state index contributed by atoms with van der Waals surface area (Å²) in [6, 6.07) is 13.0. The SMILES string of the molecule is Cc1c(/C=C2\C(=O)NN(c3ccccc3)C2=O)ccc(OC2CCCC2)c1C. The van der Waals surface area contributed by atoms with Crippen LogP contribution in [-0.4, -0.2) is 17.9 Å². The number of hydrogen-bond acceptors (Lipinski definition) is 3. The van der Waals surface area contributed by atoms with Crippen LogP contribution in [0.5, 0.6) is 5.75 Å². The molecule has 2 amide bonds. The van der Waals surface area contributed by atoms with Crippen molar-refractivity contribution in [1.82, 2.24) is 5.43 Å². The first kappa shape index (κ1) is 18.3. The van der Waals surface area contributed by atoms with E-state index in [2.05, 4.69) is 5.43 Å². The maximum Gasteiger partial charge on any atom is 0.282 e. The Balaban J connectivity index is 1.60. The third-order valence-electron chi connectivity index (χ3n) is 5.58. The molecule has 1 saturated heterocycles. The predicted molar refractivity (Wildman–Crippen MR) is 109 cm³/mol. The highest BCUT2D eigenvalue weighted by atomic mass is 16.5. The molecule has 1 aliphatic carbocycles. The first-order chi connectivity index (χ1) is 13.5. The maximum atomic E-state index is 12.8. The molecule has 2 aromatic rings. The smallest absolute Gasteiger partial charge is 0.282 e. The van der Waals surface area contributed by atoms with Crippen LogP contribution in [0, 0.1) is 13.8 Å². The Bertz CT molecular complexity index is 944. The second-order valence-corrected chi connectivity index (χ2v) is 7.40. The minimum atomic E-state index is -0.391. The highest BCUT2D eigenvalue weighted by molar-refractivity contribution is 6.31. The standard InChI is InChI=1S/C23H24N2O3/c1-15-16(2)21(28-19-10-6-7-11-19)13-12-17(15)14-20-22(26)24-25(23(20)27)18-8-4-3-5-9-18/h3-5,8-9,12-14,19H,6-7,10-11H2,1-2H3,(H,24,26)/b20-14+. The van der Waals surface area contributed by atoms with E-state index in [0.717, 1.165) is 35.3 Å². The van der Waals surface area contributed by atoms with Crippen molar-refractivity contribution in [2.45, 2.75) is 45.6 Å². The average molecular weight is 376 g/mol. The molecule has 0 atom stereocenters. The zero-order chi connectivity index (χ0) is 19.7. The van der Waals surface area contributed by atoms with Gasteiger partial charge in [0.25, 0.3) is 11.8 Å². The van der Waals surface area contributed by atoms with E-state index in [1.165, 1.54) is 17.9 Å². The molecule has 1 saturated carbocycles. The van der Waals surface area contributed by atoms with E-state index in [9.17, 15) is 9.59 Å². The van der Waals surface area contributed by atoms with Gasteiger partial charge >= 0.3 is 0 Å². The van der Waals surface area contributed by atoms with Gasteiger partial charge < -0.3 is 4.74 Å². The van der Waals surface area contributed by atoms with E-state index in [0.29, 0.717) is 11.8 Å². The van der Waals surface area contributed by atoms with Gasteiger partial charge in [0, 0.05) is 0 Å². The molecular formula is C23H24N2O3. The number of benzene rings is 2. The van der Waals surface area contributed by atoms with E-state index >= 15 is 0 Å². The van der Waals surface area contributed by atoms with E-state index in [1.807, 2.05) is 44.2 Å². The number of rotatable bonds is 4. The van der Waals surface area contributed by atoms with Crippen molar-refractivity contribution >= 4 is 23.6 Å². The van der Waals surface area contributed by atoms with Crippen LogP contribution in [0.4, 0.5) is 5.69 Å². The lowest BCUT2D eigenvalue weighted by molar-refractivity contribution is -0.117.